The van der Waals surface area contributed by atoms with Gasteiger partial charge in [-0.25, -0.2) is 0 Å². The summed E-state index contributed by atoms with van der Waals surface area (Å²) in [6.07, 6.45) is 1.98. The van der Waals surface area contributed by atoms with Crippen LogP contribution in [0.3, 0.4) is 0 Å². The van der Waals surface area contributed by atoms with Crippen LogP contribution in [-0.4, -0.2) is 9.67 Å². The van der Waals surface area contributed by atoms with E-state index in [1.54, 1.807) is 10.6 Å². The molecular weight excluding hydrogens is 262 g/mol. The van der Waals surface area contributed by atoms with Crippen LogP contribution in [-0.2, 0) is 13.2 Å². The van der Waals surface area contributed by atoms with Crippen LogP contribution in [0.1, 0.15) is 36.5 Å². The van der Waals surface area contributed by atoms with E-state index in [0.29, 0.717) is 12.1 Å². The third-order valence-corrected chi connectivity index (χ3v) is 3.82. The van der Waals surface area contributed by atoms with Crippen molar-refractivity contribution in [2.45, 2.75) is 46.8 Å². The predicted molar refractivity (Wildman–Crippen MR) is 86.4 cm³/mol. The first-order valence-corrected chi connectivity index (χ1v) is 7.49. The van der Waals surface area contributed by atoms with Crippen LogP contribution in [0.15, 0.2) is 35.1 Å². The molecule has 1 heterocycles. The average Bonchev–Trinajstić information content (AvgIpc) is 2.46. The second-order valence-corrected chi connectivity index (χ2v) is 5.53. The summed E-state index contributed by atoms with van der Waals surface area (Å²) >= 11 is 0. The predicted octanol–water partition coefficient (Wildman–Crippen LogP) is 3.42. The first-order chi connectivity index (χ1) is 10.1. The number of benzene rings is 1. The quantitative estimate of drug-likeness (QED) is 0.914. The molecule has 1 aromatic carbocycles. The normalized spacial score (nSPS) is 10.9. The Balaban J connectivity index is 2.61. The summed E-state index contributed by atoms with van der Waals surface area (Å²) in [5, 5.41) is 9.31. The first kappa shape index (κ1) is 15.5. The number of rotatable bonds is 5. The maximum atomic E-state index is 12.5. The highest BCUT2D eigenvalue weighted by molar-refractivity contribution is 5.64. The molecule has 0 amide bonds. The van der Waals surface area contributed by atoms with Crippen molar-refractivity contribution in [3.8, 4) is 11.3 Å². The maximum Gasteiger partial charge on any atom is 0.256 e. The van der Waals surface area contributed by atoms with Crippen molar-refractivity contribution in [2.24, 2.45) is 0 Å². The lowest BCUT2D eigenvalue weighted by Crippen LogP contribution is -2.25. The topological polar surface area (TPSA) is 42.2 Å². The Morgan fingerprint density at radius 2 is 1.90 bits per heavy atom. The van der Waals surface area contributed by atoms with Crippen LogP contribution in [0.25, 0.3) is 11.3 Å². The number of aliphatic hydroxyl groups excluding tert-OH is 1. The average molecular weight is 285 g/mol. The molecule has 0 saturated carbocycles. The summed E-state index contributed by atoms with van der Waals surface area (Å²) in [5.41, 5.74) is 4.77. The van der Waals surface area contributed by atoms with Crippen LogP contribution in [0.2, 0.25) is 0 Å². The van der Waals surface area contributed by atoms with E-state index in [2.05, 4.69) is 39.0 Å². The van der Waals surface area contributed by atoms with Gasteiger partial charge in [0.2, 0.25) is 0 Å². The Morgan fingerprint density at radius 3 is 2.52 bits per heavy atom. The minimum Gasteiger partial charge on any atom is -0.391 e. The van der Waals surface area contributed by atoms with Crippen LogP contribution >= 0.6 is 0 Å². The Hall–Kier alpha value is -1.87. The molecule has 2 aromatic rings. The van der Waals surface area contributed by atoms with E-state index < -0.39 is 0 Å². The standard InChI is InChI=1S/C18H23NO2/c1-4-5-10-19-17(9-7-15(12-20)18(19)21)16-8-6-13(2)11-14(16)3/h6-9,11,20H,4-5,10,12H2,1-3H3. The largest absolute Gasteiger partial charge is 0.391 e. The van der Waals surface area contributed by atoms with Crippen molar-refractivity contribution >= 4 is 0 Å². The fourth-order valence-electron chi connectivity index (χ4n) is 2.62. The van der Waals surface area contributed by atoms with Gasteiger partial charge in [0, 0.05) is 17.7 Å². The molecule has 0 radical (unpaired) electrons. The van der Waals surface area contributed by atoms with Crippen molar-refractivity contribution < 1.29 is 5.11 Å². The lowest BCUT2D eigenvalue weighted by molar-refractivity contribution is 0.279. The van der Waals surface area contributed by atoms with Crippen LogP contribution in [0, 0.1) is 13.8 Å². The van der Waals surface area contributed by atoms with Gasteiger partial charge in [-0.1, -0.05) is 37.1 Å². The highest BCUT2D eigenvalue weighted by atomic mass is 16.3. The highest BCUT2D eigenvalue weighted by Crippen LogP contribution is 2.24. The molecular formula is C18H23NO2. The Bertz CT molecular complexity index is 686. The second-order valence-electron chi connectivity index (χ2n) is 5.53. The number of nitrogens with zero attached hydrogens (tertiary/aromatic N) is 1. The number of hydrogen-bond acceptors (Lipinski definition) is 2. The molecule has 2 rings (SSSR count). The molecule has 0 spiro atoms. The third kappa shape index (κ3) is 3.24. The summed E-state index contributed by atoms with van der Waals surface area (Å²) in [6.45, 7) is 6.72. The van der Waals surface area contributed by atoms with Gasteiger partial charge in [0.1, 0.15) is 0 Å². The van der Waals surface area contributed by atoms with E-state index >= 15 is 0 Å². The minimum absolute atomic E-state index is 0.0802. The fraction of sp³-hybridized carbons (Fsp3) is 0.389. The van der Waals surface area contributed by atoms with Crippen molar-refractivity contribution in [1.29, 1.82) is 0 Å². The number of aliphatic hydroxyl groups is 1. The van der Waals surface area contributed by atoms with Crippen molar-refractivity contribution in [2.75, 3.05) is 0 Å². The van der Waals surface area contributed by atoms with Gasteiger partial charge in [-0.15, -0.1) is 0 Å². The Kier molecular flexibility index (Phi) is 4.97. The summed E-state index contributed by atoms with van der Waals surface area (Å²) in [4.78, 5) is 12.5. The second kappa shape index (κ2) is 6.72. The Morgan fingerprint density at radius 1 is 1.14 bits per heavy atom. The van der Waals surface area contributed by atoms with E-state index in [1.165, 1.54) is 5.56 Å². The molecule has 3 nitrogen and oxygen atoms in total. The molecule has 1 N–H and O–H groups in total. The van der Waals surface area contributed by atoms with E-state index in [4.69, 9.17) is 0 Å². The van der Waals surface area contributed by atoms with E-state index in [1.807, 2.05) is 6.07 Å². The number of unbranched alkanes of at least 4 members (excludes halogenated alkanes) is 1. The lowest BCUT2D eigenvalue weighted by atomic mass is 10.0. The van der Waals surface area contributed by atoms with Gasteiger partial charge >= 0.3 is 0 Å². The van der Waals surface area contributed by atoms with E-state index in [9.17, 15) is 9.90 Å². The zero-order valence-corrected chi connectivity index (χ0v) is 13.0. The van der Waals surface area contributed by atoms with Crippen molar-refractivity contribution in [3.05, 3.63) is 57.4 Å². The first-order valence-electron chi connectivity index (χ1n) is 7.49. The fourth-order valence-corrected chi connectivity index (χ4v) is 2.62. The molecule has 0 atom stereocenters. The molecule has 0 aliphatic heterocycles. The third-order valence-electron chi connectivity index (χ3n) is 3.82. The summed E-state index contributed by atoms with van der Waals surface area (Å²) in [5.74, 6) is 0. The molecule has 0 aliphatic rings. The summed E-state index contributed by atoms with van der Waals surface area (Å²) < 4.78 is 1.80. The zero-order valence-electron chi connectivity index (χ0n) is 13.0. The molecule has 112 valence electrons. The molecule has 1 aromatic heterocycles. The van der Waals surface area contributed by atoms with Gasteiger partial charge in [0.25, 0.3) is 5.56 Å². The molecule has 21 heavy (non-hydrogen) atoms. The molecule has 0 bridgehead atoms. The van der Waals surface area contributed by atoms with Gasteiger partial charge in [-0.2, -0.15) is 0 Å². The molecule has 0 fully saturated rings. The van der Waals surface area contributed by atoms with E-state index in [0.717, 1.165) is 29.7 Å². The number of hydrogen-bond donors (Lipinski definition) is 1. The van der Waals surface area contributed by atoms with Gasteiger partial charge in [0.05, 0.1) is 12.3 Å². The zero-order chi connectivity index (χ0) is 15.4. The van der Waals surface area contributed by atoms with Gasteiger partial charge in [-0.05, 0) is 38.0 Å². The van der Waals surface area contributed by atoms with Crippen LogP contribution in [0.5, 0.6) is 0 Å². The minimum atomic E-state index is -0.210. The summed E-state index contributed by atoms with van der Waals surface area (Å²) in [7, 11) is 0. The maximum absolute atomic E-state index is 12.5. The lowest BCUT2D eigenvalue weighted by Gasteiger charge is -2.16. The van der Waals surface area contributed by atoms with Crippen molar-refractivity contribution in [3.63, 3.8) is 0 Å². The number of aryl methyl sites for hydroxylation is 2. The molecule has 3 heteroatoms. The van der Waals surface area contributed by atoms with Gasteiger partial charge in [0.15, 0.2) is 0 Å². The number of aromatic nitrogens is 1. The molecule has 0 aliphatic carbocycles. The highest BCUT2D eigenvalue weighted by Gasteiger charge is 2.11. The molecule has 0 unspecified atom stereocenters. The monoisotopic (exact) mass is 285 g/mol. The SMILES string of the molecule is CCCCn1c(-c2ccc(C)cc2C)ccc(CO)c1=O. The van der Waals surface area contributed by atoms with Crippen molar-refractivity contribution in [1.82, 2.24) is 4.57 Å². The number of pyridine rings is 1. The summed E-state index contributed by atoms with van der Waals surface area (Å²) in [6, 6.07) is 9.95. The van der Waals surface area contributed by atoms with Crippen LogP contribution in [0.4, 0.5) is 0 Å². The Labute approximate surface area is 125 Å². The van der Waals surface area contributed by atoms with Gasteiger partial charge < -0.3 is 9.67 Å². The smallest absolute Gasteiger partial charge is 0.256 e. The van der Waals surface area contributed by atoms with Crippen LogP contribution < -0.4 is 5.56 Å². The molecule has 0 saturated heterocycles. The van der Waals surface area contributed by atoms with E-state index in [-0.39, 0.29) is 12.2 Å². The van der Waals surface area contributed by atoms with Gasteiger partial charge in [-0.3, -0.25) is 4.79 Å².